The van der Waals surface area contributed by atoms with Gasteiger partial charge in [0.2, 0.25) is 0 Å². The molecule has 2 aromatic carbocycles. The molecule has 1 aliphatic carbocycles. The van der Waals surface area contributed by atoms with Crippen LogP contribution in [0.5, 0.6) is 5.75 Å². The van der Waals surface area contributed by atoms with E-state index in [4.69, 9.17) is 27.9 Å². The number of carbonyl (C=O) groups is 1. The molecular weight excluding hydrogens is 395 g/mol. The van der Waals surface area contributed by atoms with Gasteiger partial charge in [-0.05, 0) is 67.3 Å². The van der Waals surface area contributed by atoms with Crippen LogP contribution in [0.15, 0.2) is 42.0 Å². The first-order chi connectivity index (χ1) is 13.5. The molecule has 28 heavy (non-hydrogen) atoms. The maximum absolute atomic E-state index is 11.1. The minimum absolute atomic E-state index is 0.243. The van der Waals surface area contributed by atoms with Crippen molar-refractivity contribution in [3.8, 4) is 5.75 Å². The molecule has 1 aliphatic rings. The summed E-state index contributed by atoms with van der Waals surface area (Å²) in [5, 5.41) is 5.56. The second-order valence-electron chi connectivity index (χ2n) is 7.26. The van der Waals surface area contributed by atoms with Crippen molar-refractivity contribution in [1.82, 2.24) is 9.78 Å². The van der Waals surface area contributed by atoms with E-state index in [1.807, 2.05) is 47.2 Å². The van der Waals surface area contributed by atoms with Gasteiger partial charge >= 0.3 is 0 Å². The second-order valence-corrected chi connectivity index (χ2v) is 8.15. The van der Waals surface area contributed by atoms with Gasteiger partial charge in [-0.15, -0.1) is 11.6 Å². The van der Waals surface area contributed by atoms with Crippen molar-refractivity contribution in [3.63, 3.8) is 0 Å². The Morgan fingerprint density at radius 1 is 1.29 bits per heavy atom. The molecular formula is C22H20Cl2N2O2. The molecule has 0 radical (unpaired) electrons. The van der Waals surface area contributed by atoms with Crippen molar-refractivity contribution < 1.29 is 9.53 Å². The number of fused-ring (bicyclic) bond motifs is 2. The number of allylic oxidation sites excluding steroid dienone is 1. The first-order valence-corrected chi connectivity index (χ1v) is 10.0. The van der Waals surface area contributed by atoms with E-state index in [-0.39, 0.29) is 11.4 Å². The van der Waals surface area contributed by atoms with E-state index in [2.05, 4.69) is 18.9 Å². The van der Waals surface area contributed by atoms with E-state index in [0.717, 1.165) is 39.6 Å². The van der Waals surface area contributed by atoms with Crippen molar-refractivity contribution in [1.29, 1.82) is 0 Å². The molecule has 6 heteroatoms. The third-order valence-corrected chi connectivity index (χ3v) is 5.64. The van der Waals surface area contributed by atoms with Crippen LogP contribution in [0.2, 0.25) is 5.15 Å². The van der Waals surface area contributed by atoms with Crippen LogP contribution in [0, 0.1) is 0 Å². The lowest BCUT2D eigenvalue weighted by molar-refractivity contribution is -0.104. The average Bonchev–Trinajstić information content (AvgIpc) is 3.02. The van der Waals surface area contributed by atoms with E-state index in [1.165, 1.54) is 0 Å². The van der Waals surface area contributed by atoms with Crippen LogP contribution in [-0.4, -0.2) is 21.4 Å². The number of ether oxygens (including phenoxy) is 1. The number of nitrogens with zero attached hydrogens (tertiary/aromatic N) is 2. The highest BCUT2D eigenvalue weighted by Crippen LogP contribution is 2.30. The van der Waals surface area contributed by atoms with Gasteiger partial charge in [-0.3, -0.25) is 9.48 Å². The number of hydrogen-bond acceptors (Lipinski definition) is 3. The number of aromatic nitrogens is 2. The minimum Gasteiger partial charge on any atom is -0.489 e. The Bertz CT molecular complexity index is 1090. The molecule has 1 atom stereocenters. The largest absolute Gasteiger partial charge is 0.489 e. The summed E-state index contributed by atoms with van der Waals surface area (Å²) in [4.78, 5) is 11.1. The van der Waals surface area contributed by atoms with Gasteiger partial charge in [0.05, 0.1) is 10.9 Å². The second kappa shape index (κ2) is 7.61. The van der Waals surface area contributed by atoms with Crippen LogP contribution in [0.4, 0.5) is 0 Å². The zero-order chi connectivity index (χ0) is 19.8. The Morgan fingerprint density at radius 3 is 2.86 bits per heavy atom. The predicted molar refractivity (Wildman–Crippen MR) is 113 cm³/mol. The molecule has 0 saturated heterocycles. The highest BCUT2D eigenvalue weighted by Gasteiger charge is 2.19. The molecule has 0 spiro atoms. The monoisotopic (exact) mass is 414 g/mol. The summed E-state index contributed by atoms with van der Waals surface area (Å²) in [6, 6.07) is 12.2. The number of halogens is 2. The van der Waals surface area contributed by atoms with E-state index >= 15 is 0 Å². The Morgan fingerprint density at radius 2 is 2.11 bits per heavy atom. The molecule has 0 N–H and O–H groups in total. The summed E-state index contributed by atoms with van der Waals surface area (Å²) < 4.78 is 7.91. The molecule has 1 heterocycles. The van der Waals surface area contributed by atoms with Crippen molar-refractivity contribution in [2.24, 2.45) is 0 Å². The van der Waals surface area contributed by atoms with Crippen LogP contribution in [-0.2, 0) is 17.8 Å². The van der Waals surface area contributed by atoms with E-state index in [1.54, 1.807) is 0 Å². The highest BCUT2D eigenvalue weighted by molar-refractivity contribution is 6.34. The molecule has 0 amide bonds. The molecule has 0 bridgehead atoms. The third-order valence-electron chi connectivity index (χ3n) is 4.95. The van der Waals surface area contributed by atoms with Gasteiger partial charge in [-0.2, -0.15) is 5.10 Å². The maximum atomic E-state index is 11.1. The van der Waals surface area contributed by atoms with Gasteiger partial charge in [-0.1, -0.05) is 23.7 Å². The van der Waals surface area contributed by atoms with E-state index in [0.29, 0.717) is 23.8 Å². The average molecular weight is 415 g/mol. The molecule has 0 aliphatic heterocycles. The van der Waals surface area contributed by atoms with Gasteiger partial charge in [0.1, 0.15) is 18.6 Å². The Labute approximate surface area is 173 Å². The fraction of sp³-hybridized carbons (Fsp3) is 0.273. The van der Waals surface area contributed by atoms with E-state index in [9.17, 15) is 4.79 Å². The SMILES string of the molecule is CC(C)n1nc(Cl)c2cc(COc3ccc4c(c3)CC(Cl)C(C=O)=C4)ccc21. The lowest BCUT2D eigenvalue weighted by Gasteiger charge is -2.19. The molecule has 144 valence electrons. The number of hydrogen-bond donors (Lipinski definition) is 0. The van der Waals surface area contributed by atoms with Gasteiger partial charge in [-0.25, -0.2) is 0 Å². The van der Waals surface area contributed by atoms with Crippen molar-refractivity contribution in [2.45, 2.75) is 38.3 Å². The zero-order valence-electron chi connectivity index (χ0n) is 15.7. The van der Waals surface area contributed by atoms with Crippen LogP contribution in [0.3, 0.4) is 0 Å². The third kappa shape index (κ3) is 3.54. The molecule has 1 unspecified atom stereocenters. The molecule has 0 fully saturated rings. The van der Waals surface area contributed by atoms with Gasteiger partial charge in [0.25, 0.3) is 0 Å². The molecule has 4 rings (SSSR count). The van der Waals surface area contributed by atoms with Crippen LogP contribution < -0.4 is 4.74 Å². The number of rotatable bonds is 5. The summed E-state index contributed by atoms with van der Waals surface area (Å²) in [5.74, 6) is 0.773. The Kier molecular flexibility index (Phi) is 5.17. The number of benzene rings is 2. The van der Waals surface area contributed by atoms with Crippen molar-refractivity contribution >= 4 is 46.5 Å². The highest BCUT2D eigenvalue weighted by atomic mass is 35.5. The summed E-state index contributed by atoms with van der Waals surface area (Å²) in [7, 11) is 0. The summed E-state index contributed by atoms with van der Waals surface area (Å²) in [6.07, 6.45) is 3.29. The molecule has 3 aromatic rings. The molecule has 1 aromatic heterocycles. The van der Waals surface area contributed by atoms with Crippen LogP contribution in [0.25, 0.3) is 17.0 Å². The zero-order valence-corrected chi connectivity index (χ0v) is 17.2. The standard InChI is InChI=1S/C22H20Cl2N2O2/c1-13(2)26-21-6-3-14(7-19(21)22(24)25-26)12-28-18-5-4-15-8-17(11-27)20(23)10-16(15)9-18/h3-9,11,13,20H,10,12H2,1-2H3. The van der Waals surface area contributed by atoms with Crippen LogP contribution in [0.1, 0.15) is 36.6 Å². The fourth-order valence-electron chi connectivity index (χ4n) is 3.48. The first kappa shape index (κ1) is 19.0. The smallest absolute Gasteiger partial charge is 0.158 e. The Balaban J connectivity index is 1.54. The van der Waals surface area contributed by atoms with E-state index < -0.39 is 0 Å². The van der Waals surface area contributed by atoms with Crippen molar-refractivity contribution in [2.75, 3.05) is 0 Å². The van der Waals surface area contributed by atoms with Crippen LogP contribution >= 0.6 is 23.2 Å². The number of alkyl halides is 1. The summed E-state index contributed by atoms with van der Waals surface area (Å²) in [6.45, 7) is 4.58. The minimum atomic E-state index is -0.290. The Hall–Kier alpha value is -2.30. The number of aldehydes is 1. The maximum Gasteiger partial charge on any atom is 0.158 e. The normalized spacial score (nSPS) is 16.2. The van der Waals surface area contributed by atoms with Gasteiger partial charge < -0.3 is 4.74 Å². The van der Waals surface area contributed by atoms with Crippen molar-refractivity contribution in [3.05, 3.63) is 63.8 Å². The lowest BCUT2D eigenvalue weighted by Crippen LogP contribution is -2.14. The quantitative estimate of drug-likeness (QED) is 0.403. The first-order valence-electron chi connectivity index (χ1n) is 9.19. The van der Waals surface area contributed by atoms with Gasteiger partial charge in [0.15, 0.2) is 5.15 Å². The molecule has 4 nitrogen and oxygen atoms in total. The number of carbonyl (C=O) groups excluding carboxylic acids is 1. The topological polar surface area (TPSA) is 44.1 Å². The lowest BCUT2D eigenvalue weighted by atomic mass is 9.92. The summed E-state index contributed by atoms with van der Waals surface area (Å²) in [5.41, 5.74) is 4.76. The predicted octanol–water partition coefficient (Wildman–Crippen LogP) is 5.60. The fourth-order valence-corrected chi connectivity index (χ4v) is 3.99. The van der Waals surface area contributed by atoms with Gasteiger partial charge in [0, 0.05) is 17.0 Å². The molecule has 0 saturated carbocycles. The summed E-state index contributed by atoms with van der Waals surface area (Å²) >= 11 is 12.6.